The minimum Gasteiger partial charge on any atom is -0.496 e. The molecule has 0 spiro atoms. The van der Waals surface area contributed by atoms with E-state index in [2.05, 4.69) is 11.2 Å². The second kappa shape index (κ2) is 7.11. The third kappa shape index (κ3) is 4.28. The molecule has 0 bridgehead atoms. The van der Waals surface area contributed by atoms with E-state index in [4.69, 9.17) is 4.74 Å². The fraction of sp³-hybridized carbons (Fsp3) is 0.211. The highest BCUT2D eigenvalue weighted by molar-refractivity contribution is 7.90. The molecular formula is C19H20N2O3S. The van der Waals surface area contributed by atoms with Crippen LogP contribution in [0.15, 0.2) is 65.8 Å². The fourth-order valence-corrected chi connectivity index (χ4v) is 3.35. The summed E-state index contributed by atoms with van der Waals surface area (Å²) in [6.45, 7) is 0.636. The Bertz CT molecular complexity index is 947. The monoisotopic (exact) mass is 356 g/mol. The zero-order valence-corrected chi connectivity index (χ0v) is 15.0. The number of benzene rings is 2. The molecule has 5 nitrogen and oxygen atoms in total. The molecule has 0 saturated carbocycles. The molecule has 3 aromatic rings. The van der Waals surface area contributed by atoms with E-state index in [9.17, 15) is 8.42 Å². The van der Waals surface area contributed by atoms with E-state index >= 15 is 0 Å². The summed E-state index contributed by atoms with van der Waals surface area (Å²) in [5, 5.41) is 4.24. The Morgan fingerprint density at radius 3 is 2.40 bits per heavy atom. The average molecular weight is 356 g/mol. The van der Waals surface area contributed by atoms with Crippen LogP contribution in [0.25, 0.3) is 0 Å². The summed E-state index contributed by atoms with van der Waals surface area (Å²) in [7, 11) is -1.51. The summed E-state index contributed by atoms with van der Waals surface area (Å²) < 4.78 is 30.4. The molecule has 0 amide bonds. The molecule has 0 unspecified atom stereocenters. The van der Waals surface area contributed by atoms with Crippen LogP contribution in [0.3, 0.4) is 0 Å². The number of ether oxygens (including phenoxy) is 1. The molecule has 0 aliphatic rings. The van der Waals surface area contributed by atoms with Crippen LogP contribution in [0.5, 0.6) is 5.75 Å². The quantitative estimate of drug-likeness (QED) is 0.681. The van der Waals surface area contributed by atoms with Crippen molar-refractivity contribution in [3.63, 3.8) is 0 Å². The number of rotatable bonds is 6. The lowest BCUT2D eigenvalue weighted by Gasteiger charge is -2.11. The first kappa shape index (κ1) is 17.2. The lowest BCUT2D eigenvalue weighted by molar-refractivity contribution is 0.407. The fourth-order valence-electron chi connectivity index (χ4n) is 2.72. The summed E-state index contributed by atoms with van der Waals surface area (Å²) in [5.74, 6) is 0.826. The van der Waals surface area contributed by atoms with E-state index in [1.54, 1.807) is 25.4 Å². The van der Waals surface area contributed by atoms with E-state index in [-0.39, 0.29) is 0 Å². The topological polar surface area (TPSA) is 61.2 Å². The highest BCUT2D eigenvalue weighted by atomic mass is 32.2. The molecule has 0 N–H and O–H groups in total. The van der Waals surface area contributed by atoms with Gasteiger partial charge in [-0.2, -0.15) is 5.10 Å². The number of hydrogen-bond donors (Lipinski definition) is 0. The summed E-state index contributed by atoms with van der Waals surface area (Å²) >= 11 is 0. The van der Waals surface area contributed by atoms with Crippen LogP contribution in [0, 0.1) is 0 Å². The maximum Gasteiger partial charge on any atom is 0.175 e. The number of methoxy groups -OCH3 is 1. The predicted octanol–water partition coefficient (Wildman–Crippen LogP) is 2.93. The molecule has 1 heterocycles. The number of hydrogen-bond acceptors (Lipinski definition) is 4. The van der Waals surface area contributed by atoms with Gasteiger partial charge in [-0.1, -0.05) is 18.2 Å². The smallest absolute Gasteiger partial charge is 0.175 e. The Balaban J connectivity index is 1.83. The van der Waals surface area contributed by atoms with Crippen LogP contribution in [0.2, 0.25) is 0 Å². The van der Waals surface area contributed by atoms with Gasteiger partial charge in [-0.15, -0.1) is 0 Å². The van der Waals surface area contributed by atoms with Crippen LogP contribution in [0.4, 0.5) is 0 Å². The SMILES string of the molecule is COc1ccc(Cc2ccc(S(C)(=O)=O)cc2)cc1Cn1cccn1. The molecule has 1 aromatic heterocycles. The zero-order valence-electron chi connectivity index (χ0n) is 14.2. The molecule has 0 radical (unpaired) electrons. The lowest BCUT2D eigenvalue weighted by atomic mass is 10.0. The van der Waals surface area contributed by atoms with Crippen molar-refractivity contribution >= 4 is 9.84 Å². The molecule has 6 heteroatoms. The van der Waals surface area contributed by atoms with Gasteiger partial charge in [-0.25, -0.2) is 8.42 Å². The molecule has 130 valence electrons. The highest BCUT2D eigenvalue weighted by Crippen LogP contribution is 2.23. The van der Waals surface area contributed by atoms with E-state index in [0.717, 1.165) is 28.9 Å². The Morgan fingerprint density at radius 2 is 1.80 bits per heavy atom. The minimum absolute atomic E-state index is 0.338. The van der Waals surface area contributed by atoms with Gasteiger partial charge in [0, 0.05) is 24.2 Å². The molecule has 2 aromatic carbocycles. The first-order chi connectivity index (χ1) is 12.0. The number of aromatic nitrogens is 2. The first-order valence-corrected chi connectivity index (χ1v) is 9.77. The van der Waals surface area contributed by atoms with Gasteiger partial charge < -0.3 is 4.74 Å². The standard InChI is InChI=1S/C19H20N2O3S/c1-24-19-9-6-16(13-17(19)14-21-11-3-10-20-21)12-15-4-7-18(8-5-15)25(2,22)23/h3-11,13H,12,14H2,1-2H3. The maximum absolute atomic E-state index is 11.5. The second-order valence-corrected chi connectivity index (χ2v) is 7.96. The summed E-state index contributed by atoms with van der Waals surface area (Å²) in [5.41, 5.74) is 3.24. The molecule has 25 heavy (non-hydrogen) atoms. The maximum atomic E-state index is 11.5. The first-order valence-electron chi connectivity index (χ1n) is 7.88. The van der Waals surface area contributed by atoms with Crippen LogP contribution in [-0.4, -0.2) is 31.6 Å². The molecule has 0 saturated heterocycles. The molecular weight excluding hydrogens is 336 g/mol. The van der Waals surface area contributed by atoms with Gasteiger partial charge >= 0.3 is 0 Å². The van der Waals surface area contributed by atoms with E-state index < -0.39 is 9.84 Å². The Hall–Kier alpha value is -2.60. The molecule has 0 fully saturated rings. The third-order valence-electron chi connectivity index (χ3n) is 4.00. The number of nitrogens with zero attached hydrogens (tertiary/aromatic N) is 2. The molecule has 0 aliphatic carbocycles. The van der Waals surface area contributed by atoms with Crippen molar-refractivity contribution in [3.8, 4) is 5.75 Å². The van der Waals surface area contributed by atoms with Gasteiger partial charge in [0.1, 0.15) is 5.75 Å². The van der Waals surface area contributed by atoms with Crippen LogP contribution < -0.4 is 4.74 Å². The lowest BCUT2D eigenvalue weighted by Crippen LogP contribution is -2.03. The van der Waals surface area contributed by atoms with Crippen LogP contribution >= 0.6 is 0 Å². The van der Waals surface area contributed by atoms with Crippen molar-refractivity contribution in [2.24, 2.45) is 0 Å². The molecule has 3 rings (SSSR count). The van der Waals surface area contributed by atoms with Crippen molar-refractivity contribution in [2.45, 2.75) is 17.9 Å². The third-order valence-corrected chi connectivity index (χ3v) is 5.12. The van der Waals surface area contributed by atoms with Gasteiger partial charge in [0.2, 0.25) is 0 Å². The largest absolute Gasteiger partial charge is 0.496 e. The normalized spacial score (nSPS) is 11.4. The van der Waals surface area contributed by atoms with E-state index in [0.29, 0.717) is 11.4 Å². The Kier molecular flexibility index (Phi) is 4.90. The van der Waals surface area contributed by atoms with Crippen molar-refractivity contribution in [3.05, 3.63) is 77.6 Å². The Labute approximate surface area is 147 Å². The minimum atomic E-state index is -3.16. The number of sulfone groups is 1. The zero-order chi connectivity index (χ0) is 17.9. The summed E-state index contributed by atoms with van der Waals surface area (Å²) in [6.07, 6.45) is 5.60. The summed E-state index contributed by atoms with van der Waals surface area (Å²) in [4.78, 5) is 0.338. The van der Waals surface area contributed by atoms with Crippen molar-refractivity contribution in [1.82, 2.24) is 9.78 Å². The summed E-state index contributed by atoms with van der Waals surface area (Å²) in [6, 6.07) is 15.0. The van der Waals surface area contributed by atoms with Crippen molar-refractivity contribution in [1.29, 1.82) is 0 Å². The van der Waals surface area contributed by atoms with Gasteiger partial charge in [0.25, 0.3) is 0 Å². The predicted molar refractivity (Wildman–Crippen MR) is 96.7 cm³/mol. The van der Waals surface area contributed by atoms with Gasteiger partial charge in [0.15, 0.2) is 9.84 Å². The van der Waals surface area contributed by atoms with Crippen LogP contribution in [-0.2, 0) is 22.8 Å². The molecule has 0 aliphatic heterocycles. The van der Waals surface area contributed by atoms with Gasteiger partial charge in [-0.05, 0) is 47.9 Å². The Morgan fingerprint density at radius 1 is 1.08 bits per heavy atom. The van der Waals surface area contributed by atoms with E-state index in [1.165, 1.54) is 6.26 Å². The average Bonchev–Trinajstić information content (AvgIpc) is 3.08. The van der Waals surface area contributed by atoms with Gasteiger partial charge in [-0.3, -0.25) is 4.68 Å². The van der Waals surface area contributed by atoms with Crippen LogP contribution in [0.1, 0.15) is 16.7 Å². The van der Waals surface area contributed by atoms with Crippen molar-refractivity contribution < 1.29 is 13.2 Å². The van der Waals surface area contributed by atoms with Crippen molar-refractivity contribution in [2.75, 3.05) is 13.4 Å². The second-order valence-electron chi connectivity index (χ2n) is 5.94. The highest BCUT2D eigenvalue weighted by Gasteiger charge is 2.09. The van der Waals surface area contributed by atoms with E-state index in [1.807, 2.05) is 41.2 Å². The molecule has 0 atom stereocenters. The van der Waals surface area contributed by atoms with Gasteiger partial charge in [0.05, 0.1) is 18.6 Å².